The monoisotopic (exact) mass is 360 g/mol. The number of nitrogens with one attached hydrogen (secondary N) is 2. The van der Waals surface area contributed by atoms with E-state index in [9.17, 15) is 14.7 Å². The fourth-order valence-corrected chi connectivity index (χ4v) is 2.18. The van der Waals surface area contributed by atoms with Crippen molar-refractivity contribution in [3.63, 3.8) is 0 Å². The summed E-state index contributed by atoms with van der Waals surface area (Å²) < 4.78 is 10.5. The maximum Gasteiger partial charge on any atom is 0.232 e. The number of rotatable bonds is 10. The summed E-state index contributed by atoms with van der Waals surface area (Å²) >= 11 is 0. The zero-order valence-corrected chi connectivity index (χ0v) is 14.9. The number of aliphatic hydroxyl groups is 1. The van der Waals surface area contributed by atoms with Crippen LogP contribution in [0.4, 0.5) is 5.69 Å². The van der Waals surface area contributed by atoms with Crippen LogP contribution in [0.2, 0.25) is 0 Å². The van der Waals surface area contributed by atoms with Crippen LogP contribution in [0.1, 0.15) is 30.6 Å². The van der Waals surface area contributed by atoms with Crippen LogP contribution in [0.25, 0.3) is 0 Å². The molecule has 0 bridgehead atoms. The van der Waals surface area contributed by atoms with E-state index in [1.54, 1.807) is 24.3 Å². The van der Waals surface area contributed by atoms with Crippen LogP contribution in [0, 0.1) is 0 Å². The third-order valence-electron chi connectivity index (χ3n) is 3.50. The standard InChI is InChI=1S/C19H24N2O5/c1-13(2)20-9-15(22)10-26-18-12-25-11-16(18)17(23)8-19(24)21-14-6-4-3-5-7-14/h3-7,11-13,15,20,22H,8-10H2,1-2H3,(H,21,24). The third-order valence-corrected chi connectivity index (χ3v) is 3.50. The van der Waals surface area contributed by atoms with Crippen molar-refractivity contribution in [3.8, 4) is 5.75 Å². The average molecular weight is 360 g/mol. The van der Waals surface area contributed by atoms with Gasteiger partial charge >= 0.3 is 0 Å². The number of benzene rings is 1. The maximum atomic E-state index is 12.3. The lowest BCUT2D eigenvalue weighted by molar-refractivity contribution is -0.115. The summed E-state index contributed by atoms with van der Waals surface area (Å²) in [5.41, 5.74) is 0.798. The summed E-state index contributed by atoms with van der Waals surface area (Å²) in [5.74, 6) is -0.627. The van der Waals surface area contributed by atoms with E-state index in [0.29, 0.717) is 12.2 Å². The number of carbonyl (C=O) groups is 2. The molecule has 1 atom stereocenters. The number of hydrogen-bond acceptors (Lipinski definition) is 6. The third kappa shape index (κ3) is 6.34. The molecule has 1 amide bonds. The van der Waals surface area contributed by atoms with Gasteiger partial charge in [0.25, 0.3) is 0 Å². The smallest absolute Gasteiger partial charge is 0.232 e. The van der Waals surface area contributed by atoms with Gasteiger partial charge in [-0.1, -0.05) is 32.0 Å². The summed E-state index contributed by atoms with van der Waals surface area (Å²) in [6.07, 6.45) is 1.47. The molecule has 140 valence electrons. The number of ketones is 1. The fourth-order valence-electron chi connectivity index (χ4n) is 2.18. The van der Waals surface area contributed by atoms with Crippen molar-refractivity contribution in [2.75, 3.05) is 18.5 Å². The molecule has 0 radical (unpaired) electrons. The van der Waals surface area contributed by atoms with Crippen LogP contribution in [0.15, 0.2) is 47.3 Å². The lowest BCUT2D eigenvalue weighted by atomic mass is 10.1. The van der Waals surface area contributed by atoms with Crippen molar-refractivity contribution < 1.29 is 23.8 Å². The number of amides is 1. The molecule has 3 N–H and O–H groups in total. The van der Waals surface area contributed by atoms with Gasteiger partial charge in [0, 0.05) is 18.3 Å². The van der Waals surface area contributed by atoms with E-state index < -0.39 is 17.8 Å². The lowest BCUT2D eigenvalue weighted by Crippen LogP contribution is -2.35. The predicted molar refractivity (Wildman–Crippen MR) is 97.4 cm³/mol. The minimum Gasteiger partial charge on any atom is -0.487 e. The second-order valence-corrected chi connectivity index (χ2v) is 6.19. The first-order valence-electron chi connectivity index (χ1n) is 8.44. The lowest BCUT2D eigenvalue weighted by Gasteiger charge is -2.14. The quantitative estimate of drug-likeness (QED) is 0.444. The summed E-state index contributed by atoms with van der Waals surface area (Å²) in [6.45, 7) is 4.33. The number of carbonyl (C=O) groups excluding carboxylic acids is 2. The Labute approximate surface area is 152 Å². The Kier molecular flexibility index (Phi) is 7.37. The second-order valence-electron chi connectivity index (χ2n) is 6.19. The van der Waals surface area contributed by atoms with E-state index in [0.717, 1.165) is 0 Å². The van der Waals surface area contributed by atoms with Crippen LogP contribution in [-0.2, 0) is 4.79 Å². The number of furan rings is 1. The van der Waals surface area contributed by atoms with Crippen molar-refractivity contribution in [3.05, 3.63) is 48.4 Å². The topological polar surface area (TPSA) is 101 Å². The maximum absolute atomic E-state index is 12.3. The highest BCUT2D eigenvalue weighted by atomic mass is 16.5. The number of aliphatic hydroxyl groups excluding tert-OH is 1. The predicted octanol–water partition coefficient (Wildman–Crippen LogP) is 2.23. The van der Waals surface area contributed by atoms with Crippen LogP contribution < -0.4 is 15.4 Å². The van der Waals surface area contributed by atoms with Gasteiger partial charge in [-0.3, -0.25) is 9.59 Å². The zero-order chi connectivity index (χ0) is 18.9. The Bertz CT molecular complexity index is 712. The Hall–Kier alpha value is -2.64. The Balaban J connectivity index is 1.86. The van der Waals surface area contributed by atoms with Crippen molar-refractivity contribution in [2.45, 2.75) is 32.4 Å². The van der Waals surface area contributed by atoms with Gasteiger partial charge in [0.1, 0.15) is 25.2 Å². The molecule has 1 aromatic heterocycles. The van der Waals surface area contributed by atoms with E-state index in [2.05, 4.69) is 10.6 Å². The summed E-state index contributed by atoms with van der Waals surface area (Å²) in [7, 11) is 0. The highest BCUT2D eigenvalue weighted by molar-refractivity contribution is 6.11. The van der Waals surface area contributed by atoms with Crippen molar-refractivity contribution in [2.24, 2.45) is 0 Å². The molecule has 7 heteroatoms. The first kappa shape index (κ1) is 19.7. The number of ether oxygens (including phenoxy) is 1. The van der Waals surface area contributed by atoms with Gasteiger partial charge in [0.2, 0.25) is 5.91 Å². The first-order chi connectivity index (χ1) is 12.5. The van der Waals surface area contributed by atoms with Gasteiger partial charge in [-0.25, -0.2) is 0 Å². The van der Waals surface area contributed by atoms with Gasteiger partial charge in [-0.2, -0.15) is 0 Å². The molecule has 2 rings (SSSR count). The number of para-hydroxylation sites is 1. The summed E-state index contributed by atoms with van der Waals surface area (Å²) in [6, 6.07) is 9.14. The molecule has 0 aliphatic carbocycles. The minimum absolute atomic E-state index is 0.00967. The van der Waals surface area contributed by atoms with Crippen molar-refractivity contribution in [1.29, 1.82) is 0 Å². The number of Topliss-reactive ketones (excluding diaryl/α,β-unsaturated/α-hetero) is 1. The molecular weight excluding hydrogens is 336 g/mol. The van der Waals surface area contributed by atoms with Crippen molar-refractivity contribution >= 4 is 17.4 Å². The van der Waals surface area contributed by atoms with Crippen LogP contribution >= 0.6 is 0 Å². The van der Waals surface area contributed by atoms with Gasteiger partial charge in [-0.05, 0) is 12.1 Å². The van der Waals surface area contributed by atoms with Gasteiger partial charge < -0.3 is 24.9 Å². The average Bonchev–Trinajstić information content (AvgIpc) is 3.07. The van der Waals surface area contributed by atoms with Gasteiger partial charge in [0.05, 0.1) is 12.0 Å². The molecule has 26 heavy (non-hydrogen) atoms. The summed E-state index contributed by atoms with van der Waals surface area (Å²) in [5, 5.41) is 15.6. The van der Waals surface area contributed by atoms with E-state index >= 15 is 0 Å². The van der Waals surface area contributed by atoms with E-state index in [4.69, 9.17) is 9.15 Å². The molecule has 0 spiro atoms. The second kappa shape index (κ2) is 9.74. The Morgan fingerprint density at radius 2 is 1.92 bits per heavy atom. The molecular formula is C19H24N2O5. The molecule has 1 unspecified atom stereocenters. The Morgan fingerprint density at radius 3 is 2.62 bits per heavy atom. The van der Waals surface area contributed by atoms with E-state index in [-0.39, 0.29) is 30.4 Å². The van der Waals surface area contributed by atoms with Crippen LogP contribution in [0.3, 0.4) is 0 Å². The molecule has 0 saturated carbocycles. The number of hydrogen-bond donors (Lipinski definition) is 3. The highest BCUT2D eigenvalue weighted by Crippen LogP contribution is 2.22. The highest BCUT2D eigenvalue weighted by Gasteiger charge is 2.19. The fraction of sp³-hybridized carbons (Fsp3) is 0.368. The van der Waals surface area contributed by atoms with Crippen LogP contribution in [-0.4, -0.2) is 42.1 Å². The van der Waals surface area contributed by atoms with Gasteiger partial charge in [-0.15, -0.1) is 0 Å². The molecule has 0 saturated heterocycles. The molecule has 7 nitrogen and oxygen atoms in total. The van der Waals surface area contributed by atoms with Crippen molar-refractivity contribution in [1.82, 2.24) is 5.32 Å². The van der Waals surface area contributed by atoms with E-state index in [1.165, 1.54) is 12.5 Å². The van der Waals surface area contributed by atoms with Gasteiger partial charge in [0.15, 0.2) is 11.5 Å². The van der Waals surface area contributed by atoms with Crippen LogP contribution in [0.5, 0.6) is 5.75 Å². The minimum atomic E-state index is -0.725. The first-order valence-corrected chi connectivity index (χ1v) is 8.44. The molecule has 1 aromatic carbocycles. The summed E-state index contributed by atoms with van der Waals surface area (Å²) in [4.78, 5) is 24.3. The number of anilines is 1. The zero-order valence-electron chi connectivity index (χ0n) is 14.9. The van der Waals surface area contributed by atoms with E-state index in [1.807, 2.05) is 19.9 Å². The molecule has 0 fully saturated rings. The Morgan fingerprint density at radius 1 is 1.19 bits per heavy atom. The molecule has 0 aliphatic rings. The largest absolute Gasteiger partial charge is 0.487 e. The SMILES string of the molecule is CC(C)NCC(O)COc1cocc1C(=O)CC(=O)Nc1ccccc1. The normalized spacial score (nSPS) is 12.0. The molecule has 0 aliphatic heterocycles. The molecule has 2 aromatic rings. The molecule has 1 heterocycles.